The van der Waals surface area contributed by atoms with Crippen LogP contribution in [0, 0.1) is 0 Å². The third-order valence-corrected chi connectivity index (χ3v) is 1.78. The quantitative estimate of drug-likeness (QED) is 0.664. The monoisotopic (exact) mass is 194 g/mol. The number of hydrogen-bond donors (Lipinski definition) is 2. The van der Waals surface area contributed by atoms with Crippen molar-refractivity contribution >= 4 is 5.97 Å². The van der Waals surface area contributed by atoms with E-state index in [0.29, 0.717) is 19.5 Å². The third kappa shape index (κ3) is 4.57. The molecule has 0 atom stereocenters. The number of rotatable bonds is 6. The standard InChI is InChI=1S/C10H14N2O2/c13-10(14)5-3-6-11-8-9-4-1-2-7-12-9/h1-2,4,7,11H,3,5-6,8H2,(H,13,14). The van der Waals surface area contributed by atoms with E-state index < -0.39 is 5.97 Å². The van der Waals surface area contributed by atoms with Gasteiger partial charge < -0.3 is 10.4 Å². The lowest BCUT2D eigenvalue weighted by atomic mass is 10.3. The van der Waals surface area contributed by atoms with Gasteiger partial charge >= 0.3 is 5.97 Å². The Balaban J connectivity index is 2.08. The Morgan fingerprint density at radius 1 is 1.50 bits per heavy atom. The Morgan fingerprint density at radius 2 is 2.36 bits per heavy atom. The SMILES string of the molecule is O=C(O)CCCNCc1ccccn1. The van der Waals surface area contributed by atoms with Crippen LogP contribution in [0.3, 0.4) is 0 Å². The number of nitrogens with one attached hydrogen (secondary N) is 1. The molecule has 0 aliphatic heterocycles. The van der Waals surface area contributed by atoms with Gasteiger partial charge in [-0.1, -0.05) is 6.07 Å². The summed E-state index contributed by atoms with van der Waals surface area (Å²) in [6, 6.07) is 5.74. The van der Waals surface area contributed by atoms with Crippen LogP contribution in [0.25, 0.3) is 0 Å². The van der Waals surface area contributed by atoms with Crippen LogP contribution in [0.1, 0.15) is 18.5 Å². The first kappa shape index (κ1) is 10.7. The largest absolute Gasteiger partial charge is 0.481 e. The molecule has 0 aliphatic rings. The minimum atomic E-state index is -0.746. The summed E-state index contributed by atoms with van der Waals surface area (Å²) in [5, 5.41) is 11.5. The lowest BCUT2D eigenvalue weighted by molar-refractivity contribution is -0.137. The molecule has 4 nitrogen and oxygen atoms in total. The Morgan fingerprint density at radius 3 is 3.00 bits per heavy atom. The number of carbonyl (C=O) groups is 1. The van der Waals surface area contributed by atoms with Crippen LogP contribution in [-0.2, 0) is 11.3 Å². The second kappa shape index (κ2) is 6.10. The molecular formula is C10H14N2O2. The molecule has 1 rings (SSSR count). The molecule has 0 aliphatic carbocycles. The predicted molar refractivity (Wildman–Crippen MR) is 52.8 cm³/mol. The minimum Gasteiger partial charge on any atom is -0.481 e. The summed E-state index contributed by atoms with van der Waals surface area (Å²) in [7, 11) is 0. The maximum absolute atomic E-state index is 10.2. The van der Waals surface area contributed by atoms with Crippen LogP contribution < -0.4 is 5.32 Å². The maximum atomic E-state index is 10.2. The Hall–Kier alpha value is -1.42. The van der Waals surface area contributed by atoms with Crippen LogP contribution in [0.15, 0.2) is 24.4 Å². The molecule has 0 aromatic carbocycles. The van der Waals surface area contributed by atoms with Crippen molar-refractivity contribution in [3.05, 3.63) is 30.1 Å². The van der Waals surface area contributed by atoms with Gasteiger partial charge in [0.25, 0.3) is 0 Å². The van der Waals surface area contributed by atoms with Crippen LogP contribution in [-0.4, -0.2) is 22.6 Å². The fourth-order valence-electron chi connectivity index (χ4n) is 1.08. The van der Waals surface area contributed by atoms with E-state index in [0.717, 1.165) is 5.69 Å². The van der Waals surface area contributed by atoms with Gasteiger partial charge in [0.2, 0.25) is 0 Å². The van der Waals surface area contributed by atoms with E-state index in [2.05, 4.69) is 10.3 Å². The molecule has 1 heterocycles. The first-order valence-corrected chi connectivity index (χ1v) is 4.61. The summed E-state index contributed by atoms with van der Waals surface area (Å²) in [5.41, 5.74) is 0.975. The van der Waals surface area contributed by atoms with E-state index in [4.69, 9.17) is 5.11 Å². The van der Waals surface area contributed by atoms with E-state index in [1.54, 1.807) is 6.20 Å². The molecule has 2 N–H and O–H groups in total. The van der Waals surface area contributed by atoms with Gasteiger partial charge in [-0.25, -0.2) is 0 Å². The zero-order valence-corrected chi connectivity index (χ0v) is 7.94. The van der Waals surface area contributed by atoms with Crippen LogP contribution in [0.4, 0.5) is 0 Å². The lowest BCUT2D eigenvalue weighted by Crippen LogP contribution is -2.16. The number of aliphatic carboxylic acids is 1. The smallest absolute Gasteiger partial charge is 0.303 e. The highest BCUT2D eigenvalue weighted by atomic mass is 16.4. The maximum Gasteiger partial charge on any atom is 0.303 e. The van der Waals surface area contributed by atoms with Gasteiger partial charge in [-0.3, -0.25) is 9.78 Å². The van der Waals surface area contributed by atoms with Gasteiger partial charge in [-0.2, -0.15) is 0 Å². The number of hydrogen-bond acceptors (Lipinski definition) is 3. The topological polar surface area (TPSA) is 62.2 Å². The summed E-state index contributed by atoms with van der Waals surface area (Å²) < 4.78 is 0. The number of aromatic nitrogens is 1. The van der Waals surface area contributed by atoms with Gasteiger partial charge in [-0.05, 0) is 25.1 Å². The summed E-state index contributed by atoms with van der Waals surface area (Å²) in [6.07, 6.45) is 2.62. The Kier molecular flexibility index (Phi) is 4.64. The van der Waals surface area contributed by atoms with Crippen molar-refractivity contribution in [3.8, 4) is 0 Å². The molecule has 4 heteroatoms. The zero-order valence-electron chi connectivity index (χ0n) is 7.94. The van der Waals surface area contributed by atoms with E-state index in [1.807, 2.05) is 18.2 Å². The van der Waals surface area contributed by atoms with Crippen molar-refractivity contribution in [1.29, 1.82) is 0 Å². The first-order chi connectivity index (χ1) is 6.79. The lowest BCUT2D eigenvalue weighted by Gasteiger charge is -2.02. The van der Waals surface area contributed by atoms with Crippen molar-refractivity contribution in [1.82, 2.24) is 10.3 Å². The van der Waals surface area contributed by atoms with E-state index >= 15 is 0 Å². The summed E-state index contributed by atoms with van der Waals surface area (Å²) in [5.74, 6) is -0.746. The predicted octanol–water partition coefficient (Wildman–Crippen LogP) is 1.04. The van der Waals surface area contributed by atoms with Crippen molar-refractivity contribution in [2.24, 2.45) is 0 Å². The minimum absolute atomic E-state index is 0.217. The highest BCUT2D eigenvalue weighted by Crippen LogP contribution is 1.92. The van der Waals surface area contributed by atoms with E-state index in [1.165, 1.54) is 0 Å². The fraction of sp³-hybridized carbons (Fsp3) is 0.400. The van der Waals surface area contributed by atoms with Gasteiger partial charge in [0, 0.05) is 19.2 Å². The molecule has 0 saturated carbocycles. The van der Waals surface area contributed by atoms with Gasteiger partial charge in [0.1, 0.15) is 0 Å². The van der Waals surface area contributed by atoms with Crippen molar-refractivity contribution in [2.45, 2.75) is 19.4 Å². The van der Waals surface area contributed by atoms with Crippen LogP contribution in [0.5, 0.6) is 0 Å². The number of carboxylic acid groups (broad SMARTS) is 1. The molecular weight excluding hydrogens is 180 g/mol. The molecule has 0 amide bonds. The third-order valence-electron chi connectivity index (χ3n) is 1.78. The summed E-state index contributed by atoms with van der Waals surface area (Å²) in [4.78, 5) is 14.3. The highest BCUT2D eigenvalue weighted by molar-refractivity contribution is 5.66. The first-order valence-electron chi connectivity index (χ1n) is 4.61. The average Bonchev–Trinajstić information content (AvgIpc) is 2.18. The van der Waals surface area contributed by atoms with Crippen molar-refractivity contribution in [2.75, 3.05) is 6.54 Å². The molecule has 0 saturated heterocycles. The van der Waals surface area contributed by atoms with Crippen molar-refractivity contribution in [3.63, 3.8) is 0 Å². The van der Waals surface area contributed by atoms with Crippen LogP contribution in [0.2, 0.25) is 0 Å². The molecule has 0 unspecified atom stereocenters. The van der Waals surface area contributed by atoms with Gasteiger partial charge in [0.05, 0.1) is 5.69 Å². The van der Waals surface area contributed by atoms with Gasteiger partial charge in [-0.15, -0.1) is 0 Å². The fourth-order valence-corrected chi connectivity index (χ4v) is 1.08. The zero-order chi connectivity index (χ0) is 10.2. The molecule has 0 bridgehead atoms. The van der Waals surface area contributed by atoms with E-state index in [-0.39, 0.29) is 6.42 Å². The molecule has 1 aromatic rings. The average molecular weight is 194 g/mol. The summed E-state index contributed by atoms with van der Waals surface area (Å²) >= 11 is 0. The van der Waals surface area contributed by atoms with Crippen LogP contribution >= 0.6 is 0 Å². The molecule has 0 spiro atoms. The summed E-state index contributed by atoms with van der Waals surface area (Å²) in [6.45, 7) is 1.41. The Bertz CT molecular complexity index is 275. The number of pyridine rings is 1. The second-order valence-corrected chi connectivity index (χ2v) is 3.00. The highest BCUT2D eigenvalue weighted by Gasteiger charge is 1.96. The molecule has 14 heavy (non-hydrogen) atoms. The molecule has 0 fully saturated rings. The molecule has 0 radical (unpaired) electrons. The molecule has 1 aromatic heterocycles. The van der Waals surface area contributed by atoms with E-state index in [9.17, 15) is 4.79 Å². The molecule has 76 valence electrons. The van der Waals surface area contributed by atoms with Crippen molar-refractivity contribution < 1.29 is 9.90 Å². The Labute approximate surface area is 83.0 Å². The second-order valence-electron chi connectivity index (χ2n) is 3.00. The number of carboxylic acids is 1. The normalized spacial score (nSPS) is 10.0. The van der Waals surface area contributed by atoms with Gasteiger partial charge in [0.15, 0.2) is 0 Å². The number of nitrogens with zero attached hydrogens (tertiary/aromatic N) is 1.